The first kappa shape index (κ1) is 16.8. The van der Waals surface area contributed by atoms with Crippen LogP contribution < -0.4 is 10.1 Å². The summed E-state index contributed by atoms with van der Waals surface area (Å²) in [5.41, 5.74) is 0. The Balaban J connectivity index is 1.63. The zero-order valence-corrected chi connectivity index (χ0v) is 13.9. The summed E-state index contributed by atoms with van der Waals surface area (Å²) in [5.74, 6) is -0.237. The molecule has 6 heteroatoms. The fourth-order valence-electron chi connectivity index (χ4n) is 2.40. The lowest BCUT2D eigenvalue weighted by molar-refractivity contribution is -0.150. The smallest absolute Gasteiger partial charge is 0.344 e. The standard InChI is InChI=1S/C16H20BrNO4/c17-12-5-4-8-14(9-12)21-11-16(20)22-10-15(19)18-13-6-2-1-3-7-13/h4-5,8-9,13H,1-3,6-7,10-11H2,(H,18,19). The summed E-state index contributed by atoms with van der Waals surface area (Å²) < 4.78 is 11.1. The van der Waals surface area contributed by atoms with E-state index < -0.39 is 5.97 Å². The van der Waals surface area contributed by atoms with Crippen LogP contribution >= 0.6 is 15.9 Å². The van der Waals surface area contributed by atoms with Gasteiger partial charge in [0.1, 0.15) is 5.75 Å². The van der Waals surface area contributed by atoms with E-state index in [1.165, 1.54) is 6.42 Å². The topological polar surface area (TPSA) is 64.6 Å². The molecule has 0 saturated heterocycles. The maximum Gasteiger partial charge on any atom is 0.344 e. The Morgan fingerprint density at radius 2 is 1.95 bits per heavy atom. The predicted molar refractivity (Wildman–Crippen MR) is 85.6 cm³/mol. The first-order valence-electron chi connectivity index (χ1n) is 7.47. The van der Waals surface area contributed by atoms with Crippen LogP contribution in [-0.4, -0.2) is 31.1 Å². The highest BCUT2D eigenvalue weighted by molar-refractivity contribution is 9.10. The molecule has 1 N–H and O–H groups in total. The number of hydrogen-bond acceptors (Lipinski definition) is 4. The molecule has 5 nitrogen and oxygen atoms in total. The number of esters is 1. The first-order valence-corrected chi connectivity index (χ1v) is 8.26. The van der Waals surface area contributed by atoms with Gasteiger partial charge < -0.3 is 14.8 Å². The zero-order valence-electron chi connectivity index (χ0n) is 12.3. The minimum Gasteiger partial charge on any atom is -0.482 e. The summed E-state index contributed by atoms with van der Waals surface area (Å²) in [4.78, 5) is 23.3. The molecule has 0 spiro atoms. The van der Waals surface area contributed by atoms with Gasteiger partial charge in [-0.2, -0.15) is 0 Å². The summed E-state index contributed by atoms with van der Waals surface area (Å²) >= 11 is 3.32. The van der Waals surface area contributed by atoms with Crippen molar-refractivity contribution >= 4 is 27.8 Å². The third-order valence-electron chi connectivity index (χ3n) is 3.49. The molecule has 0 heterocycles. The molecule has 1 aromatic carbocycles. The number of amides is 1. The Morgan fingerprint density at radius 3 is 2.68 bits per heavy atom. The molecule has 0 aliphatic heterocycles. The highest BCUT2D eigenvalue weighted by Gasteiger charge is 2.16. The quantitative estimate of drug-likeness (QED) is 0.783. The van der Waals surface area contributed by atoms with Gasteiger partial charge in [0.25, 0.3) is 5.91 Å². The Kier molecular flexibility index (Phi) is 6.71. The molecule has 0 unspecified atom stereocenters. The van der Waals surface area contributed by atoms with E-state index in [0.29, 0.717) is 5.75 Å². The van der Waals surface area contributed by atoms with Gasteiger partial charge >= 0.3 is 5.97 Å². The summed E-state index contributed by atoms with van der Waals surface area (Å²) in [6, 6.07) is 7.39. The van der Waals surface area contributed by atoms with Crippen molar-refractivity contribution in [1.29, 1.82) is 0 Å². The van der Waals surface area contributed by atoms with Crippen LogP contribution in [-0.2, 0) is 14.3 Å². The largest absolute Gasteiger partial charge is 0.482 e. The van der Waals surface area contributed by atoms with E-state index in [9.17, 15) is 9.59 Å². The number of carbonyl (C=O) groups excluding carboxylic acids is 2. The van der Waals surface area contributed by atoms with Crippen molar-refractivity contribution in [3.8, 4) is 5.75 Å². The Labute approximate surface area is 138 Å². The van der Waals surface area contributed by atoms with Gasteiger partial charge in [0, 0.05) is 10.5 Å². The highest BCUT2D eigenvalue weighted by atomic mass is 79.9. The maximum atomic E-state index is 11.7. The van der Waals surface area contributed by atoms with Crippen LogP contribution in [0.4, 0.5) is 0 Å². The monoisotopic (exact) mass is 369 g/mol. The minimum absolute atomic E-state index is 0.215. The van der Waals surface area contributed by atoms with Gasteiger partial charge in [-0.05, 0) is 31.0 Å². The highest BCUT2D eigenvalue weighted by Crippen LogP contribution is 2.18. The molecule has 0 radical (unpaired) electrons. The number of halogens is 1. The van der Waals surface area contributed by atoms with Gasteiger partial charge in [0.2, 0.25) is 0 Å². The SMILES string of the molecule is O=C(COC(=O)COc1cccc(Br)c1)NC1CCCCC1. The second-order valence-electron chi connectivity index (χ2n) is 5.31. The molecule has 0 bridgehead atoms. The van der Waals surface area contributed by atoms with Crippen LogP contribution in [0.3, 0.4) is 0 Å². The number of ether oxygens (including phenoxy) is 2. The lowest BCUT2D eigenvalue weighted by Crippen LogP contribution is -2.39. The van der Waals surface area contributed by atoms with E-state index in [2.05, 4.69) is 21.2 Å². The van der Waals surface area contributed by atoms with Crippen LogP contribution in [0.25, 0.3) is 0 Å². The average molecular weight is 370 g/mol. The molecular formula is C16H20BrNO4. The Morgan fingerprint density at radius 1 is 1.18 bits per heavy atom. The minimum atomic E-state index is -0.557. The molecule has 1 amide bonds. The second-order valence-corrected chi connectivity index (χ2v) is 6.22. The van der Waals surface area contributed by atoms with Crippen molar-refractivity contribution in [3.63, 3.8) is 0 Å². The summed E-state index contributed by atoms with van der Waals surface area (Å²) in [7, 11) is 0. The second kappa shape index (κ2) is 8.78. The Hall–Kier alpha value is -1.56. The molecular weight excluding hydrogens is 350 g/mol. The normalized spacial score (nSPS) is 15.1. The van der Waals surface area contributed by atoms with Gasteiger partial charge in [-0.25, -0.2) is 4.79 Å². The van der Waals surface area contributed by atoms with Crippen LogP contribution in [0.1, 0.15) is 32.1 Å². The van der Waals surface area contributed by atoms with Crippen molar-refractivity contribution in [2.24, 2.45) is 0 Å². The fraction of sp³-hybridized carbons (Fsp3) is 0.500. The van der Waals surface area contributed by atoms with Gasteiger partial charge in [-0.1, -0.05) is 41.3 Å². The number of nitrogens with one attached hydrogen (secondary N) is 1. The molecule has 1 aliphatic carbocycles. The molecule has 2 rings (SSSR count). The van der Waals surface area contributed by atoms with Gasteiger partial charge in [0.05, 0.1) is 0 Å². The molecule has 1 saturated carbocycles. The van der Waals surface area contributed by atoms with E-state index in [1.807, 2.05) is 12.1 Å². The zero-order chi connectivity index (χ0) is 15.8. The van der Waals surface area contributed by atoms with Gasteiger partial charge in [0.15, 0.2) is 13.2 Å². The molecule has 0 atom stereocenters. The van der Waals surface area contributed by atoms with Gasteiger partial charge in [-0.15, -0.1) is 0 Å². The van der Waals surface area contributed by atoms with E-state index in [4.69, 9.17) is 9.47 Å². The molecule has 0 aromatic heterocycles. The van der Waals surface area contributed by atoms with Crippen molar-refractivity contribution in [3.05, 3.63) is 28.7 Å². The number of rotatable bonds is 6. The summed E-state index contributed by atoms with van der Waals surface area (Å²) in [5, 5.41) is 2.89. The molecule has 120 valence electrons. The number of benzene rings is 1. The lowest BCUT2D eigenvalue weighted by atomic mass is 9.95. The molecule has 1 aromatic rings. The van der Waals surface area contributed by atoms with Crippen LogP contribution in [0.15, 0.2) is 28.7 Å². The van der Waals surface area contributed by atoms with Crippen LogP contribution in [0, 0.1) is 0 Å². The van der Waals surface area contributed by atoms with Crippen LogP contribution in [0.5, 0.6) is 5.75 Å². The third kappa shape index (κ3) is 6.05. The van der Waals surface area contributed by atoms with E-state index >= 15 is 0 Å². The van der Waals surface area contributed by atoms with Crippen molar-refractivity contribution in [2.45, 2.75) is 38.1 Å². The number of carbonyl (C=O) groups is 2. The van der Waals surface area contributed by atoms with Crippen LogP contribution in [0.2, 0.25) is 0 Å². The molecule has 22 heavy (non-hydrogen) atoms. The van der Waals surface area contributed by atoms with E-state index in [0.717, 1.165) is 30.2 Å². The Bertz CT molecular complexity index is 515. The van der Waals surface area contributed by atoms with Crippen molar-refractivity contribution in [2.75, 3.05) is 13.2 Å². The third-order valence-corrected chi connectivity index (χ3v) is 3.98. The van der Waals surface area contributed by atoms with Crippen molar-refractivity contribution in [1.82, 2.24) is 5.32 Å². The lowest BCUT2D eigenvalue weighted by Gasteiger charge is -2.22. The molecule has 1 fully saturated rings. The summed E-state index contributed by atoms with van der Waals surface area (Å²) in [6.07, 6.45) is 5.53. The van der Waals surface area contributed by atoms with Crippen molar-refractivity contribution < 1.29 is 19.1 Å². The molecule has 1 aliphatic rings. The van der Waals surface area contributed by atoms with E-state index in [1.54, 1.807) is 12.1 Å². The first-order chi connectivity index (χ1) is 10.6. The number of hydrogen-bond donors (Lipinski definition) is 1. The van der Waals surface area contributed by atoms with E-state index in [-0.39, 0.29) is 25.2 Å². The summed E-state index contributed by atoms with van der Waals surface area (Å²) in [6.45, 7) is -0.468. The fourth-order valence-corrected chi connectivity index (χ4v) is 2.78. The average Bonchev–Trinajstić information content (AvgIpc) is 2.52. The maximum absolute atomic E-state index is 11.7. The predicted octanol–water partition coefficient (Wildman–Crippen LogP) is 2.82. The van der Waals surface area contributed by atoms with Gasteiger partial charge in [-0.3, -0.25) is 4.79 Å².